The van der Waals surface area contributed by atoms with Gasteiger partial charge in [-0.3, -0.25) is 0 Å². The molecule has 6 rings (SSSR count). The number of hydrogen-bond donors (Lipinski definition) is 1. The molecule has 0 spiro atoms. The van der Waals surface area contributed by atoms with Crippen molar-refractivity contribution in [3.63, 3.8) is 0 Å². The highest BCUT2D eigenvalue weighted by molar-refractivity contribution is 5.97. The van der Waals surface area contributed by atoms with E-state index in [-0.39, 0.29) is 0 Å². The van der Waals surface area contributed by atoms with Crippen molar-refractivity contribution in [2.45, 2.75) is 19.4 Å². The minimum absolute atomic E-state index is 0.841. The van der Waals surface area contributed by atoms with E-state index in [4.69, 9.17) is 0 Å². The van der Waals surface area contributed by atoms with Gasteiger partial charge in [-0.15, -0.1) is 0 Å². The van der Waals surface area contributed by atoms with Crippen LogP contribution in [0.1, 0.15) is 52.8 Å². The number of nitrogens with zero attached hydrogens (tertiary/aromatic N) is 1. The van der Waals surface area contributed by atoms with Gasteiger partial charge in [-0.25, -0.2) is 0 Å². The molecule has 0 fully saturated rings. The molecule has 0 unspecified atom stereocenters. The van der Waals surface area contributed by atoms with Crippen LogP contribution in [0.3, 0.4) is 0 Å². The fraction of sp³-hybridized carbons (Fsp3) is 0.111. The van der Waals surface area contributed by atoms with Crippen LogP contribution in [-0.4, -0.2) is 24.8 Å². The van der Waals surface area contributed by atoms with E-state index in [9.17, 15) is 5.11 Å². The average Bonchev–Trinajstić information content (AvgIpc) is 3.08. The average molecular weight is 604 g/mol. The topological polar surface area (TPSA) is 23.5 Å². The zero-order valence-corrected chi connectivity index (χ0v) is 26.9. The molecule has 1 N–H and O–H groups in total. The smallest absolute Gasteiger partial charge is 0.120 e. The van der Waals surface area contributed by atoms with Crippen molar-refractivity contribution in [2.24, 2.45) is 0 Å². The van der Waals surface area contributed by atoms with Gasteiger partial charge in [0.1, 0.15) is 5.60 Å². The van der Waals surface area contributed by atoms with Crippen LogP contribution < -0.4 is 4.90 Å². The van der Waals surface area contributed by atoms with Gasteiger partial charge < -0.3 is 10.0 Å². The molecule has 0 saturated carbocycles. The summed E-state index contributed by atoms with van der Waals surface area (Å²) in [6.07, 6.45) is 0. The van der Waals surface area contributed by atoms with Crippen LogP contribution in [0.2, 0.25) is 0 Å². The van der Waals surface area contributed by atoms with Gasteiger partial charge in [0, 0.05) is 64.1 Å². The zero-order valence-electron chi connectivity index (χ0n) is 26.9. The van der Waals surface area contributed by atoms with Crippen molar-refractivity contribution in [1.82, 2.24) is 0 Å². The Balaban J connectivity index is 1.21. The summed E-state index contributed by atoms with van der Waals surface area (Å²) in [4.78, 5) is 2.13. The third-order valence-corrected chi connectivity index (χ3v) is 7.61. The van der Waals surface area contributed by atoms with Crippen molar-refractivity contribution in [3.8, 4) is 47.4 Å². The SMILES string of the molecule is CN(C)c1cccc2c(C#Cc3ccc(C#Cc4cccc5c(C#Cc6ccc(C#CC(C)(C)O)cc6)cccc45)cc3)cccc12. The molecule has 0 aromatic heterocycles. The van der Waals surface area contributed by atoms with E-state index >= 15 is 0 Å². The van der Waals surface area contributed by atoms with Crippen molar-refractivity contribution in [3.05, 3.63) is 160 Å². The summed E-state index contributed by atoms with van der Waals surface area (Å²) >= 11 is 0. The van der Waals surface area contributed by atoms with Crippen molar-refractivity contribution in [1.29, 1.82) is 0 Å². The van der Waals surface area contributed by atoms with Crippen molar-refractivity contribution < 1.29 is 5.11 Å². The number of rotatable bonds is 1. The van der Waals surface area contributed by atoms with E-state index in [1.54, 1.807) is 13.8 Å². The van der Waals surface area contributed by atoms with Gasteiger partial charge >= 0.3 is 0 Å². The Morgan fingerprint density at radius 3 is 1.15 bits per heavy atom. The van der Waals surface area contributed by atoms with Gasteiger partial charge in [-0.1, -0.05) is 95.9 Å². The van der Waals surface area contributed by atoms with Crippen LogP contribution in [0.4, 0.5) is 5.69 Å². The van der Waals surface area contributed by atoms with E-state index in [0.29, 0.717) is 0 Å². The normalized spacial score (nSPS) is 10.4. The maximum Gasteiger partial charge on any atom is 0.120 e. The number of benzene rings is 6. The molecule has 2 nitrogen and oxygen atoms in total. The fourth-order valence-electron chi connectivity index (χ4n) is 5.24. The molecule has 0 saturated heterocycles. The second-order valence-corrected chi connectivity index (χ2v) is 12.0. The fourth-order valence-corrected chi connectivity index (χ4v) is 5.24. The first kappa shape index (κ1) is 30.8. The largest absolute Gasteiger partial charge is 0.378 e. The molecule has 0 aliphatic carbocycles. The predicted molar refractivity (Wildman–Crippen MR) is 196 cm³/mol. The Hall–Kier alpha value is -6.16. The lowest BCUT2D eigenvalue weighted by atomic mass is 10.00. The van der Waals surface area contributed by atoms with Crippen LogP contribution in [0.5, 0.6) is 0 Å². The molecular formula is C45H33NO. The Kier molecular flexibility index (Phi) is 8.83. The van der Waals surface area contributed by atoms with Gasteiger partial charge in [-0.2, -0.15) is 0 Å². The molecule has 6 aromatic carbocycles. The minimum atomic E-state index is -1.02. The molecule has 0 aliphatic rings. The number of fused-ring (bicyclic) bond motifs is 2. The van der Waals surface area contributed by atoms with Crippen LogP contribution >= 0.6 is 0 Å². The van der Waals surface area contributed by atoms with Crippen LogP contribution in [0, 0.1) is 47.4 Å². The molecule has 0 atom stereocenters. The van der Waals surface area contributed by atoms with Crippen molar-refractivity contribution in [2.75, 3.05) is 19.0 Å². The highest BCUT2D eigenvalue weighted by atomic mass is 16.3. The minimum Gasteiger partial charge on any atom is -0.378 e. The van der Waals surface area contributed by atoms with E-state index in [2.05, 4.69) is 115 Å². The predicted octanol–water partition coefficient (Wildman–Crippen LogP) is 8.38. The molecule has 224 valence electrons. The summed E-state index contributed by atoms with van der Waals surface area (Å²) in [5.74, 6) is 25.9. The number of hydrogen-bond acceptors (Lipinski definition) is 2. The van der Waals surface area contributed by atoms with Gasteiger partial charge in [0.15, 0.2) is 0 Å². The maximum atomic E-state index is 9.84. The van der Waals surface area contributed by atoms with E-state index < -0.39 is 5.60 Å². The maximum absolute atomic E-state index is 9.84. The first-order chi connectivity index (χ1) is 22.7. The molecule has 6 aromatic rings. The molecule has 0 heterocycles. The zero-order chi connectivity index (χ0) is 32.8. The standard InChI is InChI=1S/C45H33NO/c1-45(2,47)32-31-36-23-21-35(22-24-36)26-29-38-10-6-12-40-37(9-5-13-41(38)40)28-25-33-17-19-34(20-18-33)27-30-39-11-7-15-43-42(39)14-8-16-44(43)46(3)4/h5-24,47H,1-4H3. The highest BCUT2D eigenvalue weighted by Crippen LogP contribution is 2.27. The Morgan fingerprint density at radius 1 is 0.426 bits per heavy atom. The molecule has 47 heavy (non-hydrogen) atoms. The number of anilines is 1. The third kappa shape index (κ3) is 7.56. The van der Waals surface area contributed by atoms with Gasteiger partial charge in [0.25, 0.3) is 0 Å². The monoisotopic (exact) mass is 603 g/mol. The Morgan fingerprint density at radius 2 is 0.766 bits per heavy atom. The second-order valence-electron chi connectivity index (χ2n) is 12.0. The van der Waals surface area contributed by atoms with Crippen LogP contribution in [-0.2, 0) is 0 Å². The van der Waals surface area contributed by atoms with E-state index in [1.807, 2.05) is 72.8 Å². The Labute approximate surface area is 277 Å². The molecular weight excluding hydrogens is 571 g/mol. The third-order valence-electron chi connectivity index (χ3n) is 7.61. The first-order valence-corrected chi connectivity index (χ1v) is 15.5. The summed E-state index contributed by atoms with van der Waals surface area (Å²) in [6, 6.07) is 40.8. The first-order valence-electron chi connectivity index (χ1n) is 15.5. The van der Waals surface area contributed by atoms with Crippen LogP contribution in [0.15, 0.2) is 121 Å². The van der Waals surface area contributed by atoms with Crippen molar-refractivity contribution >= 4 is 27.2 Å². The summed E-state index contributed by atoms with van der Waals surface area (Å²) in [7, 11) is 4.12. The second kappa shape index (κ2) is 13.5. The summed E-state index contributed by atoms with van der Waals surface area (Å²) < 4.78 is 0. The summed E-state index contributed by atoms with van der Waals surface area (Å²) in [6.45, 7) is 3.34. The van der Waals surface area contributed by atoms with E-state index in [1.165, 1.54) is 11.1 Å². The van der Waals surface area contributed by atoms with E-state index in [0.717, 1.165) is 55.1 Å². The lowest BCUT2D eigenvalue weighted by Gasteiger charge is -2.15. The molecule has 0 bridgehead atoms. The summed E-state index contributed by atoms with van der Waals surface area (Å²) in [5, 5.41) is 14.3. The molecule has 2 heteroatoms. The van der Waals surface area contributed by atoms with Gasteiger partial charge in [0.05, 0.1) is 0 Å². The molecule has 0 aliphatic heterocycles. The lowest BCUT2D eigenvalue weighted by molar-refractivity contribution is 0.143. The quantitative estimate of drug-likeness (QED) is 0.191. The Bertz CT molecular complexity index is 2360. The highest BCUT2D eigenvalue weighted by Gasteiger charge is 2.07. The van der Waals surface area contributed by atoms with Crippen LogP contribution in [0.25, 0.3) is 21.5 Å². The van der Waals surface area contributed by atoms with Gasteiger partial charge in [0.2, 0.25) is 0 Å². The molecule has 0 amide bonds. The molecule has 0 radical (unpaired) electrons. The lowest BCUT2D eigenvalue weighted by Crippen LogP contribution is -2.14. The van der Waals surface area contributed by atoms with Gasteiger partial charge in [-0.05, 0) is 103 Å². The summed E-state index contributed by atoms with van der Waals surface area (Å²) in [5.41, 5.74) is 6.70. The number of aliphatic hydroxyl groups is 1.